The lowest BCUT2D eigenvalue weighted by molar-refractivity contribution is -0.0271. The molecule has 1 aromatic heterocycles. The fourth-order valence-electron chi connectivity index (χ4n) is 3.03. The summed E-state index contributed by atoms with van der Waals surface area (Å²) in [6, 6.07) is 6.59. The number of benzene rings is 1. The zero-order valence-electron chi connectivity index (χ0n) is 13.7. The van der Waals surface area contributed by atoms with Crippen LogP contribution in [0.1, 0.15) is 47.2 Å². The van der Waals surface area contributed by atoms with Gasteiger partial charge in [-0.1, -0.05) is 25.1 Å². The molecule has 4 nitrogen and oxygen atoms in total. The van der Waals surface area contributed by atoms with Crippen molar-refractivity contribution in [2.24, 2.45) is 0 Å². The Kier molecular flexibility index (Phi) is 4.96. The summed E-state index contributed by atoms with van der Waals surface area (Å²) in [5.74, 6) is -0.415. The molecular formula is C18H21FN2O2S. The summed E-state index contributed by atoms with van der Waals surface area (Å²) >= 11 is 1.36. The molecule has 1 unspecified atom stereocenters. The lowest BCUT2D eigenvalue weighted by Gasteiger charge is -2.38. The third kappa shape index (κ3) is 3.65. The van der Waals surface area contributed by atoms with E-state index in [1.165, 1.54) is 17.4 Å². The second-order valence-corrected chi connectivity index (χ2v) is 7.25. The molecule has 128 valence electrons. The van der Waals surface area contributed by atoms with Crippen molar-refractivity contribution >= 4 is 17.2 Å². The number of hydrogen-bond acceptors (Lipinski definition) is 4. The van der Waals surface area contributed by atoms with Gasteiger partial charge in [0.25, 0.3) is 5.91 Å². The molecule has 1 amide bonds. The predicted octanol–water partition coefficient (Wildman–Crippen LogP) is 3.25. The monoisotopic (exact) mass is 348 g/mol. The number of hydrogen-bond donors (Lipinski definition) is 1. The SMILES string of the molecule is CCC1(O)CCCN(C(=O)c2csc(Cc3ccccc3F)n2)C1. The number of aliphatic hydroxyl groups is 1. The first kappa shape index (κ1) is 17.0. The van der Waals surface area contributed by atoms with E-state index in [9.17, 15) is 14.3 Å². The van der Waals surface area contributed by atoms with Crippen molar-refractivity contribution in [2.75, 3.05) is 13.1 Å². The highest BCUT2D eigenvalue weighted by atomic mass is 32.1. The Morgan fingerprint density at radius 1 is 1.46 bits per heavy atom. The highest BCUT2D eigenvalue weighted by Crippen LogP contribution is 2.26. The number of halogens is 1. The molecule has 1 aliphatic rings. The van der Waals surface area contributed by atoms with Crippen LogP contribution in [-0.2, 0) is 6.42 Å². The van der Waals surface area contributed by atoms with E-state index >= 15 is 0 Å². The second-order valence-electron chi connectivity index (χ2n) is 6.30. The maximum Gasteiger partial charge on any atom is 0.273 e. The van der Waals surface area contributed by atoms with Gasteiger partial charge in [0.05, 0.1) is 10.6 Å². The molecule has 3 rings (SSSR count). The number of rotatable bonds is 4. The van der Waals surface area contributed by atoms with Crippen molar-refractivity contribution in [1.82, 2.24) is 9.88 Å². The quantitative estimate of drug-likeness (QED) is 0.923. The molecule has 1 aliphatic heterocycles. The van der Waals surface area contributed by atoms with Crippen LogP contribution in [-0.4, -0.2) is 39.6 Å². The smallest absolute Gasteiger partial charge is 0.273 e. The van der Waals surface area contributed by atoms with Crippen molar-refractivity contribution in [2.45, 2.75) is 38.2 Å². The van der Waals surface area contributed by atoms with Crippen molar-refractivity contribution in [1.29, 1.82) is 0 Å². The molecule has 0 aliphatic carbocycles. The van der Waals surface area contributed by atoms with Crippen molar-refractivity contribution in [3.8, 4) is 0 Å². The predicted molar refractivity (Wildman–Crippen MR) is 91.7 cm³/mol. The first-order valence-corrected chi connectivity index (χ1v) is 9.08. The minimum Gasteiger partial charge on any atom is -0.388 e. The van der Waals surface area contributed by atoms with Gasteiger partial charge in [0.15, 0.2) is 0 Å². The van der Waals surface area contributed by atoms with Gasteiger partial charge in [-0.2, -0.15) is 0 Å². The summed E-state index contributed by atoms with van der Waals surface area (Å²) < 4.78 is 13.7. The van der Waals surface area contributed by atoms with E-state index in [1.807, 2.05) is 6.92 Å². The molecule has 0 bridgehead atoms. The van der Waals surface area contributed by atoms with Gasteiger partial charge in [0.2, 0.25) is 0 Å². The van der Waals surface area contributed by atoms with Crippen LogP contribution in [0.5, 0.6) is 0 Å². The van der Waals surface area contributed by atoms with Crippen LogP contribution in [0.2, 0.25) is 0 Å². The average Bonchev–Trinajstić information content (AvgIpc) is 3.05. The van der Waals surface area contributed by atoms with E-state index in [0.717, 1.165) is 12.8 Å². The average molecular weight is 348 g/mol. The van der Waals surface area contributed by atoms with Gasteiger partial charge in [-0.05, 0) is 30.9 Å². The normalized spacial score (nSPS) is 21.0. The molecule has 1 fully saturated rings. The van der Waals surface area contributed by atoms with Gasteiger partial charge < -0.3 is 10.0 Å². The fraction of sp³-hybridized carbons (Fsp3) is 0.444. The summed E-state index contributed by atoms with van der Waals surface area (Å²) in [7, 11) is 0. The number of β-amino-alcohol motifs (C(OH)–C–C–N with tert-alkyl or cyclic N) is 1. The van der Waals surface area contributed by atoms with Gasteiger partial charge >= 0.3 is 0 Å². The number of amides is 1. The van der Waals surface area contributed by atoms with Crippen LogP contribution in [0.25, 0.3) is 0 Å². The Balaban J connectivity index is 1.71. The molecule has 0 saturated carbocycles. The lowest BCUT2D eigenvalue weighted by atomic mass is 9.90. The number of carbonyl (C=O) groups is 1. The topological polar surface area (TPSA) is 53.4 Å². The van der Waals surface area contributed by atoms with Gasteiger partial charge in [-0.15, -0.1) is 11.3 Å². The molecule has 2 heterocycles. The van der Waals surface area contributed by atoms with Crippen LogP contribution in [0.4, 0.5) is 4.39 Å². The number of piperidine rings is 1. The Morgan fingerprint density at radius 3 is 3.00 bits per heavy atom. The summed E-state index contributed by atoms with van der Waals surface area (Å²) in [4.78, 5) is 18.7. The largest absolute Gasteiger partial charge is 0.388 e. The molecule has 6 heteroatoms. The van der Waals surface area contributed by atoms with Gasteiger partial charge in [-0.25, -0.2) is 9.37 Å². The first-order chi connectivity index (χ1) is 11.5. The molecule has 1 N–H and O–H groups in total. The number of carbonyl (C=O) groups excluding carboxylic acids is 1. The van der Waals surface area contributed by atoms with E-state index < -0.39 is 5.60 Å². The van der Waals surface area contributed by atoms with E-state index in [1.54, 1.807) is 28.5 Å². The van der Waals surface area contributed by atoms with Crippen molar-refractivity contribution < 1.29 is 14.3 Å². The Morgan fingerprint density at radius 2 is 2.25 bits per heavy atom. The highest BCUT2D eigenvalue weighted by molar-refractivity contribution is 7.09. The maximum absolute atomic E-state index is 13.7. The number of thiazole rings is 1. The molecule has 0 radical (unpaired) electrons. The molecule has 0 spiro atoms. The molecule has 1 aromatic carbocycles. The van der Waals surface area contributed by atoms with Crippen LogP contribution in [0, 0.1) is 5.82 Å². The molecular weight excluding hydrogens is 327 g/mol. The summed E-state index contributed by atoms with van der Waals surface area (Å²) in [6.45, 7) is 2.92. The third-order valence-corrected chi connectivity index (χ3v) is 5.42. The summed E-state index contributed by atoms with van der Waals surface area (Å²) in [6.07, 6.45) is 2.53. The van der Waals surface area contributed by atoms with E-state index in [4.69, 9.17) is 0 Å². The van der Waals surface area contributed by atoms with Crippen molar-refractivity contribution in [3.05, 3.63) is 51.7 Å². The van der Waals surface area contributed by atoms with Crippen LogP contribution in [0.15, 0.2) is 29.6 Å². The second kappa shape index (κ2) is 6.99. The van der Waals surface area contributed by atoms with E-state index in [0.29, 0.717) is 42.2 Å². The zero-order chi connectivity index (χ0) is 17.2. The van der Waals surface area contributed by atoms with Crippen LogP contribution >= 0.6 is 11.3 Å². The van der Waals surface area contributed by atoms with Gasteiger partial charge in [0, 0.05) is 24.9 Å². The van der Waals surface area contributed by atoms with E-state index in [-0.39, 0.29) is 11.7 Å². The minimum absolute atomic E-state index is 0.155. The fourth-order valence-corrected chi connectivity index (χ4v) is 3.82. The van der Waals surface area contributed by atoms with Crippen LogP contribution in [0.3, 0.4) is 0 Å². The molecule has 24 heavy (non-hydrogen) atoms. The summed E-state index contributed by atoms with van der Waals surface area (Å²) in [5, 5.41) is 12.9. The molecule has 1 saturated heterocycles. The summed E-state index contributed by atoms with van der Waals surface area (Å²) in [5.41, 5.74) is 0.163. The zero-order valence-corrected chi connectivity index (χ0v) is 14.5. The van der Waals surface area contributed by atoms with Gasteiger partial charge in [-0.3, -0.25) is 4.79 Å². The first-order valence-electron chi connectivity index (χ1n) is 8.20. The Labute approximate surface area is 145 Å². The lowest BCUT2D eigenvalue weighted by Crippen LogP contribution is -2.50. The maximum atomic E-state index is 13.7. The Bertz CT molecular complexity index is 733. The Hall–Kier alpha value is -1.79. The van der Waals surface area contributed by atoms with Crippen molar-refractivity contribution in [3.63, 3.8) is 0 Å². The van der Waals surface area contributed by atoms with Gasteiger partial charge in [0.1, 0.15) is 11.5 Å². The minimum atomic E-state index is -0.792. The number of nitrogens with zero attached hydrogens (tertiary/aromatic N) is 2. The standard InChI is InChI=1S/C18H21FN2O2S/c1-2-18(23)8-5-9-21(12-18)17(22)15-11-24-16(20-15)10-13-6-3-4-7-14(13)19/h3-4,6-7,11,23H,2,5,8-10,12H2,1H3. The highest BCUT2D eigenvalue weighted by Gasteiger charge is 2.34. The van der Waals surface area contributed by atoms with E-state index in [2.05, 4.69) is 4.98 Å². The molecule has 2 aromatic rings. The number of aromatic nitrogens is 1. The third-order valence-electron chi connectivity index (χ3n) is 4.57. The number of likely N-dealkylation sites (tertiary alicyclic amines) is 1. The van der Waals surface area contributed by atoms with Crippen LogP contribution < -0.4 is 0 Å². The molecule has 1 atom stereocenters.